The van der Waals surface area contributed by atoms with Gasteiger partial charge in [-0.2, -0.15) is 0 Å². The quantitative estimate of drug-likeness (QED) is 0.610. The summed E-state index contributed by atoms with van der Waals surface area (Å²) in [6, 6.07) is 12.6. The predicted molar refractivity (Wildman–Crippen MR) is 72.7 cm³/mol. The van der Waals surface area contributed by atoms with Gasteiger partial charge in [-0.25, -0.2) is 0 Å². The van der Waals surface area contributed by atoms with Crippen LogP contribution in [-0.4, -0.2) is 16.4 Å². The second-order valence-corrected chi connectivity index (χ2v) is 4.58. The minimum Gasteiger partial charge on any atom is -0.343 e. The molecule has 0 unspecified atom stereocenters. The molecule has 2 aliphatic heterocycles. The third kappa shape index (κ3) is 1.32. The molecule has 2 aliphatic rings. The first-order valence-corrected chi connectivity index (χ1v) is 6.13. The summed E-state index contributed by atoms with van der Waals surface area (Å²) in [6.45, 7) is 0.928. The Bertz CT molecular complexity index is 862. The lowest BCUT2D eigenvalue weighted by Crippen LogP contribution is -2.43. The lowest BCUT2D eigenvalue weighted by Gasteiger charge is -2.25. The van der Waals surface area contributed by atoms with Gasteiger partial charge in [0.25, 0.3) is 0 Å². The monoisotopic (exact) mass is 232 g/mol. The number of pyridine rings is 1. The Hall–Kier alpha value is -2.35. The fourth-order valence-electron chi connectivity index (χ4n) is 2.60. The number of rotatable bonds is 0. The summed E-state index contributed by atoms with van der Waals surface area (Å²) in [4.78, 5) is 6.72. The standard InChI is InChI=1S/C16H12N2/c1-2-6-14-12(4-1)7-9-18-11-13-5-3-8-17-15(13)10-16(14)18/h1-8,10-11H,9H2. The van der Waals surface area contributed by atoms with Crippen LogP contribution in [0.3, 0.4) is 0 Å². The van der Waals surface area contributed by atoms with Gasteiger partial charge in [-0.05, 0) is 23.4 Å². The molecule has 4 rings (SSSR count). The average molecular weight is 232 g/mol. The highest BCUT2D eigenvalue weighted by molar-refractivity contribution is 5.80. The maximum Gasteiger partial charge on any atom is 0.0737 e. The van der Waals surface area contributed by atoms with Gasteiger partial charge in [0.1, 0.15) is 0 Å². The molecule has 86 valence electrons. The van der Waals surface area contributed by atoms with Gasteiger partial charge in [-0.1, -0.05) is 30.3 Å². The molecule has 0 N–H and O–H groups in total. The summed E-state index contributed by atoms with van der Waals surface area (Å²) in [6.07, 6.45) is 8.48. The van der Waals surface area contributed by atoms with Crippen molar-refractivity contribution >= 4 is 24.0 Å². The van der Waals surface area contributed by atoms with Crippen LogP contribution in [0.25, 0.3) is 24.0 Å². The van der Waals surface area contributed by atoms with E-state index in [0.717, 1.165) is 11.9 Å². The summed E-state index contributed by atoms with van der Waals surface area (Å²) in [5.74, 6) is 0. The molecule has 0 aliphatic carbocycles. The van der Waals surface area contributed by atoms with E-state index in [1.807, 2.05) is 12.3 Å². The van der Waals surface area contributed by atoms with Gasteiger partial charge in [0.15, 0.2) is 0 Å². The summed E-state index contributed by atoms with van der Waals surface area (Å²) in [5, 5.41) is 4.85. The number of nitrogens with zero attached hydrogens (tertiary/aromatic N) is 2. The van der Waals surface area contributed by atoms with Crippen LogP contribution in [0.15, 0.2) is 42.6 Å². The second-order valence-electron chi connectivity index (χ2n) is 4.58. The van der Waals surface area contributed by atoms with E-state index in [4.69, 9.17) is 0 Å². The molecule has 2 nitrogen and oxygen atoms in total. The van der Waals surface area contributed by atoms with Crippen LogP contribution in [-0.2, 0) is 0 Å². The van der Waals surface area contributed by atoms with Gasteiger partial charge < -0.3 is 4.90 Å². The summed E-state index contributed by atoms with van der Waals surface area (Å²) in [5.41, 5.74) is 1.25. The van der Waals surface area contributed by atoms with Gasteiger partial charge in [0.05, 0.1) is 11.0 Å². The van der Waals surface area contributed by atoms with Gasteiger partial charge in [-0.15, -0.1) is 0 Å². The topological polar surface area (TPSA) is 16.1 Å². The van der Waals surface area contributed by atoms with E-state index in [0.29, 0.717) is 0 Å². The molecule has 1 aromatic heterocycles. The van der Waals surface area contributed by atoms with E-state index in [1.54, 1.807) is 0 Å². The van der Waals surface area contributed by atoms with Crippen molar-refractivity contribution in [3.05, 3.63) is 63.6 Å². The normalized spacial score (nSPS) is 15.6. The fourth-order valence-corrected chi connectivity index (χ4v) is 2.60. The number of fused-ring (bicyclic) bond motifs is 3. The third-order valence-electron chi connectivity index (χ3n) is 3.49. The Morgan fingerprint density at radius 3 is 2.89 bits per heavy atom. The average Bonchev–Trinajstić information content (AvgIpc) is 2.45. The minimum absolute atomic E-state index is 0.928. The maximum atomic E-state index is 4.44. The van der Waals surface area contributed by atoms with Crippen molar-refractivity contribution in [3.63, 3.8) is 0 Å². The number of benzene rings is 1. The first-order chi connectivity index (χ1) is 8.92. The van der Waals surface area contributed by atoms with Crippen molar-refractivity contribution < 1.29 is 0 Å². The van der Waals surface area contributed by atoms with E-state index in [9.17, 15) is 0 Å². The van der Waals surface area contributed by atoms with E-state index < -0.39 is 0 Å². The highest BCUT2D eigenvalue weighted by Gasteiger charge is 2.12. The Balaban J connectivity index is 2.17. The minimum atomic E-state index is 0.928. The van der Waals surface area contributed by atoms with Crippen molar-refractivity contribution in [2.75, 3.05) is 6.54 Å². The Morgan fingerprint density at radius 2 is 1.89 bits per heavy atom. The van der Waals surface area contributed by atoms with Crippen LogP contribution in [0.5, 0.6) is 0 Å². The van der Waals surface area contributed by atoms with Crippen LogP contribution >= 0.6 is 0 Å². The van der Waals surface area contributed by atoms with Gasteiger partial charge in [-0.3, -0.25) is 4.98 Å². The molecule has 2 aromatic rings. The second kappa shape index (κ2) is 3.57. The third-order valence-corrected chi connectivity index (χ3v) is 3.49. The molecule has 3 heterocycles. The number of hydrogen-bond donors (Lipinski definition) is 0. The lowest BCUT2D eigenvalue weighted by atomic mass is 10.1. The lowest BCUT2D eigenvalue weighted by molar-refractivity contribution is 0.651. The zero-order chi connectivity index (χ0) is 11.9. The fraction of sp³-hybridized carbons (Fsp3) is 0.0625. The summed E-state index contributed by atoms with van der Waals surface area (Å²) in [7, 11) is 0. The Morgan fingerprint density at radius 1 is 1.00 bits per heavy atom. The SMILES string of the molecule is C1=c2ccccc2=C2C=c3ncccc3=CN2C1. The van der Waals surface area contributed by atoms with E-state index in [2.05, 4.69) is 58.6 Å². The van der Waals surface area contributed by atoms with Gasteiger partial charge in [0, 0.05) is 29.4 Å². The molecule has 0 atom stereocenters. The molecule has 0 saturated carbocycles. The molecule has 0 saturated heterocycles. The first-order valence-electron chi connectivity index (χ1n) is 6.13. The molecule has 18 heavy (non-hydrogen) atoms. The molecule has 0 bridgehead atoms. The predicted octanol–water partition coefficient (Wildman–Crippen LogP) is -0.482. The number of hydrogen-bond acceptors (Lipinski definition) is 2. The Kier molecular flexibility index (Phi) is 1.92. The summed E-state index contributed by atoms with van der Waals surface area (Å²) < 4.78 is 0. The molecule has 1 aromatic carbocycles. The van der Waals surface area contributed by atoms with Crippen LogP contribution in [0.1, 0.15) is 0 Å². The van der Waals surface area contributed by atoms with Crippen LogP contribution in [0, 0.1) is 0 Å². The molecular weight excluding hydrogens is 220 g/mol. The van der Waals surface area contributed by atoms with E-state index in [-0.39, 0.29) is 0 Å². The summed E-state index contributed by atoms with van der Waals surface area (Å²) >= 11 is 0. The first kappa shape index (κ1) is 9.66. The highest BCUT2D eigenvalue weighted by atomic mass is 15.1. The molecular formula is C16H12N2. The molecule has 0 radical (unpaired) electrons. The molecule has 0 fully saturated rings. The van der Waals surface area contributed by atoms with Crippen molar-refractivity contribution in [2.45, 2.75) is 0 Å². The van der Waals surface area contributed by atoms with Crippen LogP contribution < -0.4 is 21.0 Å². The molecule has 0 spiro atoms. The van der Waals surface area contributed by atoms with Crippen molar-refractivity contribution in [2.24, 2.45) is 0 Å². The molecule has 2 heteroatoms. The van der Waals surface area contributed by atoms with Crippen LogP contribution in [0.2, 0.25) is 0 Å². The number of aromatic nitrogens is 1. The Labute approximate surface area is 105 Å². The van der Waals surface area contributed by atoms with E-state index in [1.165, 1.54) is 21.4 Å². The molecule has 0 amide bonds. The van der Waals surface area contributed by atoms with Crippen molar-refractivity contribution in [3.8, 4) is 0 Å². The van der Waals surface area contributed by atoms with E-state index >= 15 is 0 Å². The highest BCUT2D eigenvalue weighted by Crippen LogP contribution is 2.10. The zero-order valence-electron chi connectivity index (χ0n) is 9.88. The van der Waals surface area contributed by atoms with Gasteiger partial charge >= 0.3 is 0 Å². The van der Waals surface area contributed by atoms with Crippen LogP contribution in [0.4, 0.5) is 0 Å². The van der Waals surface area contributed by atoms with Gasteiger partial charge in [0.2, 0.25) is 0 Å². The van der Waals surface area contributed by atoms with Crippen molar-refractivity contribution in [1.29, 1.82) is 0 Å². The zero-order valence-corrected chi connectivity index (χ0v) is 9.88. The smallest absolute Gasteiger partial charge is 0.0737 e. The largest absolute Gasteiger partial charge is 0.343 e. The maximum absolute atomic E-state index is 4.44. The van der Waals surface area contributed by atoms with Crippen molar-refractivity contribution in [1.82, 2.24) is 9.88 Å².